The number of nitrogens with zero attached hydrogens (tertiary/aromatic N) is 4. The highest BCUT2D eigenvalue weighted by atomic mass is 15.2. The van der Waals surface area contributed by atoms with Crippen molar-refractivity contribution in [2.45, 2.75) is 19.9 Å². The van der Waals surface area contributed by atoms with Crippen molar-refractivity contribution in [2.24, 2.45) is 12.0 Å². The Morgan fingerprint density at radius 1 is 1.29 bits per heavy atom. The molecule has 2 aromatic heterocycles. The van der Waals surface area contributed by atoms with Gasteiger partial charge in [-0.1, -0.05) is 0 Å². The van der Waals surface area contributed by atoms with Gasteiger partial charge in [-0.2, -0.15) is 5.10 Å². The molecule has 0 aliphatic heterocycles. The Labute approximate surface area is 125 Å². The van der Waals surface area contributed by atoms with Gasteiger partial charge in [-0.25, -0.2) is 0 Å². The van der Waals surface area contributed by atoms with Gasteiger partial charge < -0.3 is 15.2 Å². The van der Waals surface area contributed by atoms with E-state index in [2.05, 4.69) is 44.6 Å². The molecule has 0 saturated carbocycles. The van der Waals surface area contributed by atoms with Gasteiger partial charge in [0.05, 0.1) is 6.20 Å². The average molecular weight is 288 g/mol. The second-order valence-electron chi connectivity index (χ2n) is 4.88. The summed E-state index contributed by atoms with van der Waals surface area (Å²) in [5.74, 6) is 0.869. The first-order valence-corrected chi connectivity index (χ1v) is 7.38. The molecule has 0 fully saturated rings. The Balaban J connectivity index is 1.75. The maximum Gasteiger partial charge on any atom is 0.191 e. The van der Waals surface area contributed by atoms with E-state index in [0.717, 1.165) is 38.6 Å². The van der Waals surface area contributed by atoms with Gasteiger partial charge in [-0.05, 0) is 31.0 Å². The van der Waals surface area contributed by atoms with Gasteiger partial charge in [-0.3, -0.25) is 9.67 Å². The van der Waals surface area contributed by atoms with Gasteiger partial charge in [0.15, 0.2) is 5.96 Å². The molecule has 0 spiro atoms. The van der Waals surface area contributed by atoms with Gasteiger partial charge in [0.25, 0.3) is 0 Å². The molecule has 2 heterocycles. The molecular weight excluding hydrogens is 264 g/mol. The van der Waals surface area contributed by atoms with E-state index in [9.17, 15) is 0 Å². The minimum absolute atomic E-state index is 0.755. The number of aliphatic imine (C=N–C) groups is 1. The fourth-order valence-corrected chi connectivity index (χ4v) is 2.06. The Morgan fingerprint density at radius 2 is 2.10 bits per heavy atom. The highest BCUT2D eigenvalue weighted by molar-refractivity contribution is 5.79. The van der Waals surface area contributed by atoms with Crippen molar-refractivity contribution in [1.82, 2.24) is 25.0 Å². The predicted molar refractivity (Wildman–Crippen MR) is 85.3 cm³/mol. The summed E-state index contributed by atoms with van der Waals surface area (Å²) in [6.45, 7) is 5.48. The van der Waals surface area contributed by atoms with E-state index < -0.39 is 0 Å². The van der Waals surface area contributed by atoms with E-state index >= 15 is 0 Å². The maximum absolute atomic E-state index is 4.58. The molecule has 0 aromatic carbocycles. The van der Waals surface area contributed by atoms with Crippen molar-refractivity contribution >= 4 is 5.96 Å². The Morgan fingerprint density at radius 3 is 2.76 bits per heavy atom. The highest BCUT2D eigenvalue weighted by Crippen LogP contribution is 1.97. The molecule has 0 unspecified atom stereocenters. The number of hydrogen-bond acceptors (Lipinski definition) is 2. The topological polar surface area (TPSA) is 59.2 Å². The molecule has 2 N–H and O–H groups in total. The summed E-state index contributed by atoms with van der Waals surface area (Å²) < 4.78 is 3.96. The molecule has 6 nitrogen and oxygen atoms in total. The second-order valence-corrected chi connectivity index (χ2v) is 4.88. The third-order valence-electron chi connectivity index (χ3n) is 3.10. The smallest absolute Gasteiger partial charge is 0.191 e. The van der Waals surface area contributed by atoms with Crippen LogP contribution in [0.2, 0.25) is 0 Å². The number of hydrogen-bond donors (Lipinski definition) is 2. The molecule has 6 heteroatoms. The van der Waals surface area contributed by atoms with Crippen molar-refractivity contribution < 1.29 is 0 Å². The molecule has 0 aliphatic rings. The molecule has 0 saturated heterocycles. The van der Waals surface area contributed by atoms with Crippen molar-refractivity contribution in [2.75, 3.05) is 19.6 Å². The zero-order valence-corrected chi connectivity index (χ0v) is 12.8. The molecule has 0 radical (unpaired) electrons. The van der Waals surface area contributed by atoms with Gasteiger partial charge in [-0.15, -0.1) is 0 Å². The largest absolute Gasteiger partial charge is 0.357 e. The van der Waals surface area contributed by atoms with E-state index in [1.165, 1.54) is 5.56 Å². The molecule has 2 rings (SSSR count). The number of nitrogens with one attached hydrogen (secondary N) is 2. The number of aryl methyl sites for hydroxylation is 1. The van der Waals surface area contributed by atoms with Crippen LogP contribution in [0.1, 0.15) is 12.5 Å². The van der Waals surface area contributed by atoms with Gasteiger partial charge >= 0.3 is 0 Å². The first-order valence-electron chi connectivity index (χ1n) is 7.38. The van der Waals surface area contributed by atoms with Crippen molar-refractivity contribution in [1.29, 1.82) is 0 Å². The Bertz CT molecular complexity index is 540. The molecule has 0 amide bonds. The van der Waals surface area contributed by atoms with Gasteiger partial charge in [0.2, 0.25) is 0 Å². The van der Waals surface area contributed by atoms with Crippen LogP contribution in [0.5, 0.6) is 0 Å². The predicted octanol–water partition coefficient (Wildman–Crippen LogP) is 1.02. The third-order valence-corrected chi connectivity index (χ3v) is 3.10. The first kappa shape index (κ1) is 15.2. The normalized spacial score (nSPS) is 11.6. The maximum atomic E-state index is 4.58. The molecule has 0 atom stereocenters. The van der Waals surface area contributed by atoms with Crippen LogP contribution in [-0.2, 0) is 20.0 Å². The second kappa shape index (κ2) is 8.14. The van der Waals surface area contributed by atoms with Gasteiger partial charge in [0, 0.05) is 51.8 Å². The summed E-state index contributed by atoms with van der Waals surface area (Å²) in [5.41, 5.74) is 1.21. The lowest BCUT2D eigenvalue weighted by atomic mass is 10.3. The van der Waals surface area contributed by atoms with Crippen LogP contribution >= 0.6 is 0 Å². The van der Waals surface area contributed by atoms with Crippen LogP contribution in [-0.4, -0.2) is 39.9 Å². The zero-order valence-electron chi connectivity index (χ0n) is 12.8. The number of aromatic nitrogens is 3. The monoisotopic (exact) mass is 288 g/mol. The van der Waals surface area contributed by atoms with Crippen LogP contribution in [0, 0.1) is 0 Å². The lowest BCUT2D eigenvalue weighted by molar-refractivity contribution is 0.665. The fraction of sp³-hybridized carbons (Fsp3) is 0.467. The quantitative estimate of drug-likeness (QED) is 0.591. The third kappa shape index (κ3) is 5.33. The van der Waals surface area contributed by atoms with Crippen molar-refractivity contribution in [3.63, 3.8) is 0 Å². The van der Waals surface area contributed by atoms with Crippen molar-refractivity contribution in [3.8, 4) is 0 Å². The molecule has 0 aliphatic carbocycles. The van der Waals surface area contributed by atoms with Crippen LogP contribution in [0.15, 0.2) is 41.9 Å². The van der Waals surface area contributed by atoms with E-state index in [-0.39, 0.29) is 0 Å². The molecule has 21 heavy (non-hydrogen) atoms. The van der Waals surface area contributed by atoms with Crippen LogP contribution in [0.3, 0.4) is 0 Å². The minimum Gasteiger partial charge on any atom is -0.357 e. The lowest BCUT2D eigenvalue weighted by Gasteiger charge is -2.11. The first-order chi connectivity index (χ1) is 10.3. The Kier molecular flexibility index (Phi) is 5.87. The Hall–Kier alpha value is -2.24. The molecule has 0 bridgehead atoms. The summed E-state index contributed by atoms with van der Waals surface area (Å²) in [5, 5.41) is 10.8. The summed E-state index contributed by atoms with van der Waals surface area (Å²) >= 11 is 0. The van der Waals surface area contributed by atoms with Crippen LogP contribution in [0.25, 0.3) is 0 Å². The van der Waals surface area contributed by atoms with E-state index in [1.807, 2.05) is 36.3 Å². The summed E-state index contributed by atoms with van der Waals surface area (Å²) in [7, 11) is 1.93. The standard InChI is InChI=1S/C15H24N6/c1-3-16-15(18-8-11-21-9-4-5-10-21)17-7-6-14-12-19-20(2)13-14/h4-5,9-10,12-13H,3,6-8,11H2,1-2H3,(H2,16,17,18). The highest BCUT2D eigenvalue weighted by Gasteiger charge is 1.98. The number of rotatable bonds is 7. The minimum atomic E-state index is 0.755. The van der Waals surface area contributed by atoms with E-state index in [4.69, 9.17) is 0 Å². The molecule has 114 valence electrons. The SMILES string of the molecule is CCNC(=NCCc1cnn(C)c1)NCCn1cccc1. The average Bonchev–Trinajstić information content (AvgIpc) is 3.11. The lowest BCUT2D eigenvalue weighted by Crippen LogP contribution is -2.39. The zero-order chi connectivity index (χ0) is 14.9. The summed E-state index contributed by atoms with van der Waals surface area (Å²) in [6, 6.07) is 4.07. The van der Waals surface area contributed by atoms with Crippen molar-refractivity contribution in [3.05, 3.63) is 42.5 Å². The molecular formula is C15H24N6. The van der Waals surface area contributed by atoms with Crippen LogP contribution in [0.4, 0.5) is 0 Å². The van der Waals surface area contributed by atoms with Gasteiger partial charge in [0.1, 0.15) is 0 Å². The van der Waals surface area contributed by atoms with Crippen LogP contribution < -0.4 is 10.6 Å². The molecule has 2 aromatic rings. The number of guanidine groups is 1. The van der Waals surface area contributed by atoms with E-state index in [1.54, 1.807) is 0 Å². The fourth-order valence-electron chi connectivity index (χ4n) is 2.06. The summed E-state index contributed by atoms with van der Waals surface area (Å²) in [4.78, 5) is 4.58. The summed E-state index contributed by atoms with van der Waals surface area (Å²) in [6.07, 6.45) is 8.95. The van der Waals surface area contributed by atoms with E-state index in [0.29, 0.717) is 0 Å².